The van der Waals surface area contributed by atoms with Crippen LogP contribution in [0.5, 0.6) is 0 Å². The molecule has 3 rings (SSSR count). The van der Waals surface area contributed by atoms with E-state index in [0.29, 0.717) is 19.4 Å². The molecule has 5 nitrogen and oxygen atoms in total. The molecule has 3 aromatic rings. The number of nitrogens with one attached hydrogen (secondary N) is 1. The number of hydrogen-bond donors (Lipinski definition) is 2. The van der Waals surface area contributed by atoms with Gasteiger partial charge in [-0.3, -0.25) is 4.79 Å². The number of imidazole rings is 1. The number of carbonyl (C=O) groups is 1. The van der Waals surface area contributed by atoms with Gasteiger partial charge in [0, 0.05) is 31.3 Å². The summed E-state index contributed by atoms with van der Waals surface area (Å²) in [4.78, 5) is 16.2. The molecule has 0 fully saturated rings. The Balaban J connectivity index is 1.90. The summed E-state index contributed by atoms with van der Waals surface area (Å²) in [5, 5.41) is 12.6. The maximum absolute atomic E-state index is 11.6. The lowest BCUT2D eigenvalue weighted by Gasteiger charge is -2.13. The van der Waals surface area contributed by atoms with Gasteiger partial charge in [-0.2, -0.15) is 0 Å². The second-order valence-corrected chi connectivity index (χ2v) is 6.76. The lowest BCUT2D eigenvalue weighted by atomic mass is 10.1. The van der Waals surface area contributed by atoms with Crippen LogP contribution in [0.2, 0.25) is 0 Å². The van der Waals surface area contributed by atoms with E-state index >= 15 is 0 Å². The summed E-state index contributed by atoms with van der Waals surface area (Å²) in [6.07, 6.45) is 2.26. The largest absolute Gasteiger partial charge is 0.393 e. The maximum Gasteiger partial charge on any atom is 0.224 e. The fourth-order valence-electron chi connectivity index (χ4n) is 3.18. The lowest BCUT2D eigenvalue weighted by Crippen LogP contribution is -2.20. The van der Waals surface area contributed by atoms with Crippen LogP contribution in [0.25, 0.3) is 11.3 Å². The molecule has 1 amide bonds. The number of carbonyl (C=O) groups excluding carboxylic acids is 1. The Bertz CT molecular complexity index is 901. The van der Waals surface area contributed by atoms with Crippen LogP contribution >= 0.6 is 0 Å². The van der Waals surface area contributed by atoms with E-state index in [1.807, 2.05) is 60.9 Å². The fraction of sp³-hybridized carbons (Fsp3) is 0.273. The van der Waals surface area contributed by atoms with Crippen LogP contribution in [0.4, 0.5) is 0 Å². The zero-order valence-corrected chi connectivity index (χ0v) is 15.7. The molecule has 1 heterocycles. The number of aliphatic hydroxyl groups is 1. The molecule has 2 aromatic carbocycles. The zero-order valence-electron chi connectivity index (χ0n) is 15.7. The highest BCUT2D eigenvalue weighted by Gasteiger charge is 2.15. The molecule has 5 heteroatoms. The van der Waals surface area contributed by atoms with Gasteiger partial charge in [0.15, 0.2) is 0 Å². The summed E-state index contributed by atoms with van der Waals surface area (Å²) >= 11 is 0. The summed E-state index contributed by atoms with van der Waals surface area (Å²) in [5.74, 6) is -0.00376. The molecule has 0 radical (unpaired) electrons. The second-order valence-electron chi connectivity index (χ2n) is 6.76. The van der Waals surface area contributed by atoms with Gasteiger partial charge >= 0.3 is 0 Å². The van der Waals surface area contributed by atoms with Crippen molar-refractivity contribution in [2.45, 2.75) is 32.4 Å². The SMILES string of the molecule is CNC(=O)Cc1cccc(Cn2cnc(-c3ccccc3)c2CC(C)O)c1. The Hall–Kier alpha value is -2.92. The minimum absolute atomic E-state index is 0.00376. The molecular formula is C22H25N3O2. The zero-order chi connectivity index (χ0) is 19.2. The first-order valence-corrected chi connectivity index (χ1v) is 9.12. The van der Waals surface area contributed by atoms with Crippen molar-refractivity contribution in [2.24, 2.45) is 0 Å². The molecule has 0 spiro atoms. The Morgan fingerprint density at radius 2 is 1.89 bits per heavy atom. The molecule has 0 aliphatic rings. The van der Waals surface area contributed by atoms with E-state index in [1.165, 1.54) is 0 Å². The van der Waals surface area contributed by atoms with Gasteiger partial charge in [0.05, 0.1) is 24.5 Å². The van der Waals surface area contributed by atoms with Crippen molar-refractivity contribution in [1.82, 2.24) is 14.9 Å². The van der Waals surface area contributed by atoms with Crippen LogP contribution in [0.3, 0.4) is 0 Å². The second kappa shape index (κ2) is 8.64. The highest BCUT2D eigenvalue weighted by atomic mass is 16.3. The van der Waals surface area contributed by atoms with E-state index in [0.717, 1.165) is 28.1 Å². The third-order valence-electron chi connectivity index (χ3n) is 4.47. The monoisotopic (exact) mass is 363 g/mol. The minimum Gasteiger partial charge on any atom is -0.393 e. The molecule has 2 N–H and O–H groups in total. The van der Waals surface area contributed by atoms with E-state index < -0.39 is 6.10 Å². The number of aromatic nitrogens is 2. The Labute approximate surface area is 159 Å². The van der Waals surface area contributed by atoms with Gasteiger partial charge in [-0.1, -0.05) is 54.6 Å². The summed E-state index contributed by atoms with van der Waals surface area (Å²) in [6.45, 7) is 2.43. The van der Waals surface area contributed by atoms with Crippen molar-refractivity contribution in [3.05, 3.63) is 77.7 Å². The molecule has 0 aliphatic carbocycles. The summed E-state index contributed by atoms with van der Waals surface area (Å²) in [5.41, 5.74) is 5.03. The van der Waals surface area contributed by atoms with Crippen LogP contribution < -0.4 is 5.32 Å². The minimum atomic E-state index is -0.456. The van der Waals surface area contributed by atoms with E-state index in [1.54, 1.807) is 14.0 Å². The number of hydrogen-bond acceptors (Lipinski definition) is 3. The third kappa shape index (κ3) is 4.83. The molecule has 1 atom stereocenters. The van der Waals surface area contributed by atoms with Crippen molar-refractivity contribution >= 4 is 5.91 Å². The summed E-state index contributed by atoms with van der Waals surface area (Å²) < 4.78 is 2.08. The smallest absolute Gasteiger partial charge is 0.224 e. The first kappa shape index (κ1) is 18.9. The van der Waals surface area contributed by atoms with Crippen molar-refractivity contribution in [2.75, 3.05) is 7.05 Å². The van der Waals surface area contributed by atoms with Crippen molar-refractivity contribution in [3.63, 3.8) is 0 Å². The normalized spacial score (nSPS) is 12.0. The molecule has 1 aromatic heterocycles. The number of benzene rings is 2. The maximum atomic E-state index is 11.6. The van der Waals surface area contributed by atoms with Gasteiger partial charge in [0.2, 0.25) is 5.91 Å². The molecular weight excluding hydrogens is 338 g/mol. The molecule has 27 heavy (non-hydrogen) atoms. The highest BCUT2D eigenvalue weighted by Crippen LogP contribution is 2.24. The van der Waals surface area contributed by atoms with E-state index in [9.17, 15) is 9.90 Å². The first-order chi connectivity index (χ1) is 13.1. The quantitative estimate of drug-likeness (QED) is 0.678. The van der Waals surface area contributed by atoms with Gasteiger partial charge in [-0.15, -0.1) is 0 Å². The van der Waals surface area contributed by atoms with Crippen LogP contribution in [0, 0.1) is 0 Å². The van der Waals surface area contributed by atoms with E-state index in [-0.39, 0.29) is 5.91 Å². The van der Waals surface area contributed by atoms with Crippen LogP contribution in [0.15, 0.2) is 60.9 Å². The number of amides is 1. The third-order valence-corrected chi connectivity index (χ3v) is 4.47. The fourth-order valence-corrected chi connectivity index (χ4v) is 3.18. The predicted molar refractivity (Wildman–Crippen MR) is 106 cm³/mol. The number of nitrogens with zero attached hydrogens (tertiary/aromatic N) is 2. The van der Waals surface area contributed by atoms with E-state index in [4.69, 9.17) is 0 Å². The van der Waals surface area contributed by atoms with Gasteiger partial charge in [-0.25, -0.2) is 4.98 Å². The number of likely N-dealkylation sites (N-methyl/N-ethyl adjacent to an activating group) is 1. The number of rotatable bonds is 7. The Morgan fingerprint density at radius 1 is 1.15 bits per heavy atom. The first-order valence-electron chi connectivity index (χ1n) is 9.12. The van der Waals surface area contributed by atoms with Crippen molar-refractivity contribution in [1.29, 1.82) is 0 Å². The van der Waals surface area contributed by atoms with Crippen LogP contribution in [-0.4, -0.2) is 33.7 Å². The van der Waals surface area contributed by atoms with Crippen molar-refractivity contribution in [3.8, 4) is 11.3 Å². The summed E-state index contributed by atoms with van der Waals surface area (Å²) in [6, 6.07) is 18.0. The van der Waals surface area contributed by atoms with Gasteiger partial charge in [-0.05, 0) is 18.1 Å². The average molecular weight is 363 g/mol. The molecule has 0 bridgehead atoms. The van der Waals surface area contributed by atoms with E-state index in [2.05, 4.69) is 14.9 Å². The van der Waals surface area contributed by atoms with Crippen molar-refractivity contribution < 1.29 is 9.90 Å². The standard InChI is InChI=1S/C22H25N3O2/c1-16(26)11-20-22(19-9-4-3-5-10-19)24-15-25(20)14-18-8-6-7-17(12-18)13-21(27)23-2/h3-10,12,15-16,26H,11,13-14H2,1-2H3,(H,23,27). The average Bonchev–Trinajstić information content (AvgIpc) is 3.04. The van der Waals surface area contributed by atoms with Crippen LogP contribution in [-0.2, 0) is 24.2 Å². The Morgan fingerprint density at radius 3 is 2.59 bits per heavy atom. The van der Waals surface area contributed by atoms with Gasteiger partial charge in [0.1, 0.15) is 0 Å². The topological polar surface area (TPSA) is 67.2 Å². The molecule has 1 unspecified atom stereocenters. The van der Waals surface area contributed by atoms with Gasteiger partial charge in [0.25, 0.3) is 0 Å². The summed E-state index contributed by atoms with van der Waals surface area (Å²) in [7, 11) is 1.64. The predicted octanol–water partition coefficient (Wildman–Crippen LogP) is 2.81. The molecule has 0 saturated carbocycles. The van der Waals surface area contributed by atoms with Gasteiger partial charge < -0.3 is 15.0 Å². The Kier molecular flexibility index (Phi) is 6.04. The highest BCUT2D eigenvalue weighted by molar-refractivity contribution is 5.78. The molecule has 0 aliphatic heterocycles. The van der Waals surface area contributed by atoms with Crippen LogP contribution in [0.1, 0.15) is 23.7 Å². The molecule has 0 saturated heterocycles. The molecule has 140 valence electrons. The number of aliphatic hydroxyl groups excluding tert-OH is 1. The lowest BCUT2D eigenvalue weighted by molar-refractivity contribution is -0.119.